The molecule has 0 aliphatic carbocycles. The number of hydrogen-bond donors (Lipinski definition) is 0. The molecule has 2 aromatic heterocycles. The van der Waals surface area contributed by atoms with Crippen molar-refractivity contribution in [2.24, 2.45) is 0 Å². The van der Waals surface area contributed by atoms with Gasteiger partial charge in [-0.1, -0.05) is 0 Å². The Balaban J connectivity index is 1.40. The summed E-state index contributed by atoms with van der Waals surface area (Å²) in [5, 5.41) is 12.7. The zero-order chi connectivity index (χ0) is 21.3. The van der Waals surface area contributed by atoms with Crippen LogP contribution in [0.2, 0.25) is 0 Å². The maximum atomic E-state index is 13.8. The summed E-state index contributed by atoms with van der Waals surface area (Å²) in [7, 11) is -3.77. The number of nitrogens with zero attached hydrogens (tertiary/aromatic N) is 6. The van der Waals surface area contributed by atoms with Gasteiger partial charge in [-0.3, -0.25) is 0 Å². The van der Waals surface area contributed by atoms with Gasteiger partial charge in [0.15, 0.2) is 11.6 Å². The molecule has 0 bridgehead atoms. The van der Waals surface area contributed by atoms with E-state index in [1.165, 1.54) is 4.31 Å². The molecule has 1 aliphatic heterocycles. The SMILES string of the molecule is Cc1ccn(-c2ccc(N3CCN(S(=O)(=O)Cc4cc(F)ccc4F)CC3)nn2)n1. The molecule has 3 heterocycles. The Labute approximate surface area is 172 Å². The van der Waals surface area contributed by atoms with Gasteiger partial charge in [0.1, 0.15) is 11.6 Å². The monoisotopic (exact) mass is 434 g/mol. The largest absolute Gasteiger partial charge is 0.352 e. The van der Waals surface area contributed by atoms with E-state index in [0.717, 1.165) is 23.9 Å². The van der Waals surface area contributed by atoms with Crippen molar-refractivity contribution in [3.8, 4) is 5.82 Å². The van der Waals surface area contributed by atoms with Gasteiger partial charge in [0, 0.05) is 37.9 Å². The first-order valence-electron chi connectivity index (χ1n) is 9.35. The average Bonchev–Trinajstić information content (AvgIpc) is 3.17. The molecule has 0 spiro atoms. The third-order valence-electron chi connectivity index (χ3n) is 4.90. The predicted molar refractivity (Wildman–Crippen MR) is 107 cm³/mol. The summed E-state index contributed by atoms with van der Waals surface area (Å²) in [5.74, 6) is -0.755. The molecule has 11 heteroatoms. The number of piperazine rings is 1. The molecule has 30 heavy (non-hydrogen) atoms. The van der Waals surface area contributed by atoms with Gasteiger partial charge in [-0.25, -0.2) is 21.9 Å². The molecule has 0 saturated carbocycles. The van der Waals surface area contributed by atoms with E-state index < -0.39 is 27.4 Å². The number of halogens is 2. The minimum Gasteiger partial charge on any atom is -0.352 e. The van der Waals surface area contributed by atoms with Gasteiger partial charge >= 0.3 is 0 Å². The highest BCUT2D eigenvalue weighted by Crippen LogP contribution is 2.19. The van der Waals surface area contributed by atoms with Crippen LogP contribution in [0.25, 0.3) is 5.82 Å². The standard InChI is InChI=1S/C19H20F2N6O2S/c1-14-6-7-27(24-14)19-5-4-18(22-23-19)25-8-10-26(11-9-25)30(28,29)13-15-12-16(20)2-3-17(15)21/h2-7,12H,8-11,13H2,1H3. The van der Waals surface area contributed by atoms with Crippen LogP contribution in [0, 0.1) is 18.6 Å². The highest BCUT2D eigenvalue weighted by molar-refractivity contribution is 7.88. The maximum absolute atomic E-state index is 13.8. The third kappa shape index (κ3) is 4.31. The molecule has 1 aromatic carbocycles. The number of anilines is 1. The van der Waals surface area contributed by atoms with Crippen LogP contribution >= 0.6 is 0 Å². The van der Waals surface area contributed by atoms with E-state index in [1.54, 1.807) is 16.9 Å². The van der Waals surface area contributed by atoms with Gasteiger partial charge in [-0.05, 0) is 43.3 Å². The summed E-state index contributed by atoms with van der Waals surface area (Å²) in [6.45, 7) is 3.16. The van der Waals surface area contributed by atoms with E-state index >= 15 is 0 Å². The summed E-state index contributed by atoms with van der Waals surface area (Å²) in [4.78, 5) is 1.93. The van der Waals surface area contributed by atoms with Crippen LogP contribution in [0.15, 0.2) is 42.6 Å². The molecule has 8 nitrogen and oxygen atoms in total. The van der Waals surface area contributed by atoms with E-state index in [0.29, 0.717) is 24.7 Å². The summed E-state index contributed by atoms with van der Waals surface area (Å²) in [6, 6.07) is 8.29. The minimum atomic E-state index is -3.77. The molecular weight excluding hydrogens is 414 g/mol. The van der Waals surface area contributed by atoms with Crippen LogP contribution in [-0.4, -0.2) is 58.9 Å². The fourth-order valence-electron chi connectivity index (χ4n) is 3.29. The summed E-state index contributed by atoms with van der Waals surface area (Å²) in [5.41, 5.74) is 0.698. The van der Waals surface area contributed by atoms with Crippen molar-refractivity contribution in [1.29, 1.82) is 0 Å². The van der Waals surface area contributed by atoms with Crippen molar-refractivity contribution in [3.63, 3.8) is 0 Å². The summed E-state index contributed by atoms with van der Waals surface area (Å²) in [6.07, 6.45) is 1.80. The number of aromatic nitrogens is 4. The molecule has 158 valence electrons. The zero-order valence-electron chi connectivity index (χ0n) is 16.2. The lowest BCUT2D eigenvalue weighted by molar-refractivity contribution is 0.382. The molecule has 0 radical (unpaired) electrons. The number of sulfonamides is 1. The molecular formula is C19H20F2N6O2S. The summed E-state index contributed by atoms with van der Waals surface area (Å²) >= 11 is 0. The van der Waals surface area contributed by atoms with Crippen LogP contribution in [-0.2, 0) is 15.8 Å². The number of benzene rings is 1. The second-order valence-electron chi connectivity index (χ2n) is 7.03. The van der Waals surface area contributed by atoms with Gasteiger partial charge in [0.05, 0.1) is 11.4 Å². The number of hydrogen-bond acceptors (Lipinski definition) is 6. The van der Waals surface area contributed by atoms with E-state index in [9.17, 15) is 17.2 Å². The molecule has 0 unspecified atom stereocenters. The van der Waals surface area contributed by atoms with Crippen LogP contribution < -0.4 is 4.90 Å². The van der Waals surface area contributed by atoms with Gasteiger partial charge in [0.2, 0.25) is 10.0 Å². The lowest BCUT2D eigenvalue weighted by Gasteiger charge is -2.34. The van der Waals surface area contributed by atoms with E-state index in [4.69, 9.17) is 0 Å². The first kappa shape index (κ1) is 20.4. The first-order chi connectivity index (χ1) is 14.3. The lowest BCUT2D eigenvalue weighted by atomic mass is 10.2. The molecule has 3 aromatic rings. The van der Waals surface area contributed by atoms with Crippen LogP contribution in [0.4, 0.5) is 14.6 Å². The minimum absolute atomic E-state index is 0.173. The van der Waals surface area contributed by atoms with E-state index in [-0.39, 0.29) is 18.7 Å². The third-order valence-corrected chi connectivity index (χ3v) is 6.72. The average molecular weight is 434 g/mol. The van der Waals surface area contributed by atoms with Gasteiger partial charge < -0.3 is 4.90 Å². The molecule has 1 fully saturated rings. The summed E-state index contributed by atoms with van der Waals surface area (Å²) < 4.78 is 55.4. The molecule has 1 aliphatic rings. The Hall–Kier alpha value is -2.92. The predicted octanol–water partition coefficient (Wildman–Crippen LogP) is 1.90. The fourth-order valence-corrected chi connectivity index (χ4v) is 4.81. The highest BCUT2D eigenvalue weighted by atomic mass is 32.2. The Morgan fingerprint density at radius 3 is 2.30 bits per heavy atom. The van der Waals surface area contributed by atoms with Crippen molar-refractivity contribution < 1.29 is 17.2 Å². The Kier molecular flexibility index (Phi) is 5.48. The fraction of sp³-hybridized carbons (Fsp3) is 0.316. The Bertz CT molecular complexity index is 1140. The zero-order valence-corrected chi connectivity index (χ0v) is 17.1. The van der Waals surface area contributed by atoms with Gasteiger partial charge in [0.25, 0.3) is 0 Å². The van der Waals surface area contributed by atoms with Gasteiger partial charge in [-0.15, -0.1) is 10.2 Å². The molecule has 0 amide bonds. The quantitative estimate of drug-likeness (QED) is 0.610. The molecule has 0 atom stereocenters. The second kappa shape index (κ2) is 8.07. The highest BCUT2D eigenvalue weighted by Gasteiger charge is 2.28. The Morgan fingerprint density at radius 2 is 1.67 bits per heavy atom. The second-order valence-corrected chi connectivity index (χ2v) is 9.00. The topological polar surface area (TPSA) is 84.2 Å². The normalized spacial score (nSPS) is 15.5. The lowest BCUT2D eigenvalue weighted by Crippen LogP contribution is -2.49. The van der Waals surface area contributed by atoms with E-state index in [1.807, 2.05) is 24.0 Å². The van der Waals surface area contributed by atoms with Crippen LogP contribution in [0.3, 0.4) is 0 Å². The van der Waals surface area contributed by atoms with Crippen molar-refractivity contribution in [2.75, 3.05) is 31.1 Å². The van der Waals surface area contributed by atoms with E-state index in [2.05, 4.69) is 15.3 Å². The molecule has 1 saturated heterocycles. The molecule has 4 rings (SSSR count). The number of aryl methyl sites for hydroxylation is 1. The Morgan fingerprint density at radius 1 is 0.967 bits per heavy atom. The maximum Gasteiger partial charge on any atom is 0.218 e. The smallest absolute Gasteiger partial charge is 0.218 e. The van der Waals surface area contributed by atoms with Crippen molar-refractivity contribution in [2.45, 2.75) is 12.7 Å². The van der Waals surface area contributed by atoms with Crippen molar-refractivity contribution in [3.05, 3.63) is 65.5 Å². The molecule has 0 N–H and O–H groups in total. The van der Waals surface area contributed by atoms with Gasteiger partial charge in [-0.2, -0.15) is 9.40 Å². The van der Waals surface area contributed by atoms with Crippen LogP contribution in [0.1, 0.15) is 11.3 Å². The first-order valence-corrected chi connectivity index (χ1v) is 11.0. The van der Waals surface area contributed by atoms with Crippen molar-refractivity contribution in [1.82, 2.24) is 24.3 Å². The van der Waals surface area contributed by atoms with Crippen molar-refractivity contribution >= 4 is 15.8 Å². The van der Waals surface area contributed by atoms with Crippen LogP contribution in [0.5, 0.6) is 0 Å². The number of rotatable bonds is 5.